The van der Waals surface area contributed by atoms with Gasteiger partial charge in [-0.05, 0) is 30.5 Å². The summed E-state index contributed by atoms with van der Waals surface area (Å²) in [4.78, 5) is 13.9. The van der Waals surface area contributed by atoms with Gasteiger partial charge in [0.1, 0.15) is 0 Å². The van der Waals surface area contributed by atoms with Crippen LogP contribution in [0.3, 0.4) is 0 Å². The fourth-order valence-electron chi connectivity index (χ4n) is 2.21. The Balaban J connectivity index is 0.00000484. The van der Waals surface area contributed by atoms with Crippen molar-refractivity contribution in [2.24, 2.45) is 5.73 Å². The Kier molecular flexibility index (Phi) is 11.3. The highest BCUT2D eigenvalue weighted by Crippen LogP contribution is 2.28. The van der Waals surface area contributed by atoms with Gasteiger partial charge in [0.05, 0.1) is 13.7 Å². The number of halogens is 1. The van der Waals surface area contributed by atoms with Gasteiger partial charge < -0.3 is 20.1 Å². The predicted octanol–water partition coefficient (Wildman–Crippen LogP) is 2.99. The molecule has 0 spiro atoms. The Morgan fingerprint density at radius 3 is 2.52 bits per heavy atom. The van der Waals surface area contributed by atoms with Crippen LogP contribution in [0.4, 0.5) is 0 Å². The Bertz CT molecular complexity index is 469. The molecule has 0 unspecified atom stereocenters. The van der Waals surface area contributed by atoms with Gasteiger partial charge in [-0.15, -0.1) is 12.4 Å². The second-order valence-corrected chi connectivity index (χ2v) is 5.19. The Labute approximate surface area is 145 Å². The summed E-state index contributed by atoms with van der Waals surface area (Å²) in [6.07, 6.45) is 2.25. The maximum atomic E-state index is 12.1. The maximum absolute atomic E-state index is 12.1. The first kappa shape index (κ1) is 21.5. The standard InChI is InChI=1S/C17H28N2O3.ClH/c1-4-10-19(17(20)8-9-18)13-14-6-7-15(22-11-5-2)16(12-14)21-3;/h6-7,12H,4-5,8-11,13,18H2,1-3H3;1H. The zero-order valence-electron chi connectivity index (χ0n) is 14.3. The Morgan fingerprint density at radius 1 is 1.22 bits per heavy atom. The minimum Gasteiger partial charge on any atom is -0.493 e. The lowest BCUT2D eigenvalue weighted by molar-refractivity contribution is -0.131. The van der Waals surface area contributed by atoms with Gasteiger partial charge in [0.2, 0.25) is 5.91 Å². The molecule has 1 aromatic rings. The number of rotatable bonds is 10. The van der Waals surface area contributed by atoms with Gasteiger partial charge in [0.15, 0.2) is 11.5 Å². The topological polar surface area (TPSA) is 64.8 Å². The Hall–Kier alpha value is -1.46. The fourth-order valence-corrected chi connectivity index (χ4v) is 2.21. The van der Waals surface area contributed by atoms with E-state index in [1.165, 1.54) is 0 Å². The van der Waals surface area contributed by atoms with Crippen molar-refractivity contribution in [2.75, 3.05) is 26.8 Å². The lowest BCUT2D eigenvalue weighted by Crippen LogP contribution is -2.32. The fraction of sp³-hybridized carbons (Fsp3) is 0.588. The van der Waals surface area contributed by atoms with E-state index in [0.717, 1.165) is 30.7 Å². The van der Waals surface area contributed by atoms with Crippen LogP contribution in [-0.4, -0.2) is 37.6 Å². The van der Waals surface area contributed by atoms with E-state index >= 15 is 0 Å². The van der Waals surface area contributed by atoms with Gasteiger partial charge >= 0.3 is 0 Å². The molecule has 1 amide bonds. The summed E-state index contributed by atoms with van der Waals surface area (Å²) >= 11 is 0. The lowest BCUT2D eigenvalue weighted by Gasteiger charge is -2.22. The monoisotopic (exact) mass is 344 g/mol. The molecule has 5 nitrogen and oxygen atoms in total. The molecule has 0 radical (unpaired) electrons. The normalized spacial score (nSPS) is 9.91. The molecule has 0 aliphatic heterocycles. The van der Waals surface area contributed by atoms with Crippen LogP contribution in [0.5, 0.6) is 11.5 Å². The zero-order valence-corrected chi connectivity index (χ0v) is 15.2. The SMILES string of the molecule is CCCOc1ccc(CN(CCC)C(=O)CCN)cc1OC.Cl. The number of carbonyl (C=O) groups excluding carboxylic acids is 1. The molecule has 132 valence electrons. The quantitative estimate of drug-likeness (QED) is 0.708. The Morgan fingerprint density at radius 2 is 1.96 bits per heavy atom. The van der Waals surface area contributed by atoms with Crippen LogP contribution >= 0.6 is 12.4 Å². The van der Waals surface area contributed by atoms with Crippen LogP contribution in [0.15, 0.2) is 18.2 Å². The summed E-state index contributed by atoms with van der Waals surface area (Å²) in [7, 11) is 1.63. The number of ether oxygens (including phenoxy) is 2. The summed E-state index contributed by atoms with van der Waals surface area (Å²) in [5, 5.41) is 0. The van der Waals surface area contributed by atoms with Gasteiger partial charge in [-0.3, -0.25) is 4.79 Å². The van der Waals surface area contributed by atoms with E-state index in [-0.39, 0.29) is 18.3 Å². The molecular weight excluding hydrogens is 316 g/mol. The molecule has 0 fully saturated rings. The molecule has 0 aromatic heterocycles. The molecule has 0 aliphatic rings. The molecule has 1 rings (SSSR count). The van der Waals surface area contributed by atoms with Crippen molar-refractivity contribution in [3.63, 3.8) is 0 Å². The highest BCUT2D eigenvalue weighted by molar-refractivity contribution is 5.85. The smallest absolute Gasteiger partial charge is 0.224 e. The molecule has 2 N–H and O–H groups in total. The van der Waals surface area contributed by atoms with Gasteiger partial charge in [-0.2, -0.15) is 0 Å². The van der Waals surface area contributed by atoms with E-state index in [1.54, 1.807) is 7.11 Å². The van der Waals surface area contributed by atoms with E-state index in [2.05, 4.69) is 13.8 Å². The van der Waals surface area contributed by atoms with Crippen LogP contribution in [0, 0.1) is 0 Å². The number of hydrogen-bond donors (Lipinski definition) is 1. The first-order chi connectivity index (χ1) is 10.7. The number of nitrogens with two attached hydrogens (primary N) is 1. The molecule has 0 atom stereocenters. The summed E-state index contributed by atoms with van der Waals surface area (Å²) in [6, 6.07) is 5.82. The van der Waals surface area contributed by atoms with E-state index in [1.807, 2.05) is 23.1 Å². The van der Waals surface area contributed by atoms with Crippen LogP contribution in [0.25, 0.3) is 0 Å². The predicted molar refractivity (Wildman–Crippen MR) is 95.4 cm³/mol. The first-order valence-corrected chi connectivity index (χ1v) is 7.93. The van der Waals surface area contributed by atoms with Crippen LogP contribution < -0.4 is 15.2 Å². The van der Waals surface area contributed by atoms with Crippen molar-refractivity contribution in [1.82, 2.24) is 4.90 Å². The van der Waals surface area contributed by atoms with Crippen LogP contribution in [-0.2, 0) is 11.3 Å². The summed E-state index contributed by atoms with van der Waals surface area (Å²) < 4.78 is 11.0. The maximum Gasteiger partial charge on any atom is 0.224 e. The van der Waals surface area contributed by atoms with E-state index in [4.69, 9.17) is 15.2 Å². The number of amides is 1. The van der Waals surface area contributed by atoms with E-state index in [9.17, 15) is 4.79 Å². The molecule has 6 heteroatoms. The summed E-state index contributed by atoms with van der Waals surface area (Å²) in [6.45, 7) is 6.46. The van der Waals surface area contributed by atoms with Crippen molar-refractivity contribution >= 4 is 18.3 Å². The molecule has 0 saturated heterocycles. The second-order valence-electron chi connectivity index (χ2n) is 5.19. The molecule has 23 heavy (non-hydrogen) atoms. The molecule has 1 aromatic carbocycles. The van der Waals surface area contributed by atoms with Gasteiger partial charge in [0.25, 0.3) is 0 Å². The van der Waals surface area contributed by atoms with Crippen molar-refractivity contribution in [1.29, 1.82) is 0 Å². The highest BCUT2D eigenvalue weighted by Gasteiger charge is 2.14. The first-order valence-electron chi connectivity index (χ1n) is 7.93. The number of carbonyl (C=O) groups is 1. The average molecular weight is 345 g/mol. The third-order valence-corrected chi connectivity index (χ3v) is 3.27. The number of hydrogen-bond acceptors (Lipinski definition) is 4. The largest absolute Gasteiger partial charge is 0.493 e. The van der Waals surface area contributed by atoms with Crippen molar-refractivity contribution in [2.45, 2.75) is 39.7 Å². The number of methoxy groups -OCH3 is 1. The highest BCUT2D eigenvalue weighted by atomic mass is 35.5. The van der Waals surface area contributed by atoms with Gasteiger partial charge in [0, 0.05) is 26.1 Å². The summed E-state index contributed by atoms with van der Waals surface area (Å²) in [5.74, 6) is 1.53. The molecule has 0 saturated carbocycles. The van der Waals surface area contributed by atoms with Crippen molar-refractivity contribution < 1.29 is 14.3 Å². The van der Waals surface area contributed by atoms with Gasteiger partial charge in [-0.1, -0.05) is 19.9 Å². The van der Waals surface area contributed by atoms with Gasteiger partial charge in [-0.25, -0.2) is 0 Å². The molecule has 0 bridgehead atoms. The van der Waals surface area contributed by atoms with Crippen LogP contribution in [0.1, 0.15) is 38.7 Å². The number of benzene rings is 1. The minimum absolute atomic E-state index is 0. The molecule has 0 heterocycles. The van der Waals surface area contributed by atoms with Crippen molar-refractivity contribution in [3.05, 3.63) is 23.8 Å². The minimum atomic E-state index is 0. The third kappa shape index (κ3) is 7.10. The van der Waals surface area contributed by atoms with Crippen molar-refractivity contribution in [3.8, 4) is 11.5 Å². The molecule has 0 aliphatic carbocycles. The second kappa shape index (κ2) is 12.0. The third-order valence-electron chi connectivity index (χ3n) is 3.27. The lowest BCUT2D eigenvalue weighted by atomic mass is 10.1. The zero-order chi connectivity index (χ0) is 16.4. The summed E-state index contributed by atoms with van der Waals surface area (Å²) in [5.41, 5.74) is 6.51. The van der Waals surface area contributed by atoms with E-state index in [0.29, 0.717) is 31.9 Å². The van der Waals surface area contributed by atoms with Crippen LogP contribution in [0.2, 0.25) is 0 Å². The molecular formula is C17H29ClN2O3. The number of nitrogens with zero attached hydrogens (tertiary/aromatic N) is 1. The van der Waals surface area contributed by atoms with E-state index < -0.39 is 0 Å². The average Bonchev–Trinajstić information content (AvgIpc) is 2.53.